The fourth-order valence-electron chi connectivity index (χ4n) is 2.25. The lowest BCUT2D eigenvalue weighted by Gasteiger charge is -2.32. The summed E-state index contributed by atoms with van der Waals surface area (Å²) >= 11 is 0. The summed E-state index contributed by atoms with van der Waals surface area (Å²) in [7, 11) is -0.135. The van der Waals surface area contributed by atoms with E-state index >= 15 is 0 Å². The van der Waals surface area contributed by atoms with E-state index in [9.17, 15) is 10.1 Å². The summed E-state index contributed by atoms with van der Waals surface area (Å²) < 4.78 is 17.2. The number of nitrogens with zero attached hydrogens (tertiary/aromatic N) is 1. The van der Waals surface area contributed by atoms with Crippen LogP contribution in [0.2, 0.25) is 19.6 Å². The molecule has 0 radical (unpaired) electrons. The number of nitro groups is 1. The number of nitro benzene ring substituents is 1. The van der Waals surface area contributed by atoms with E-state index in [-0.39, 0.29) is 11.8 Å². The van der Waals surface area contributed by atoms with Crippen molar-refractivity contribution >= 4 is 14.0 Å². The second-order valence-electron chi connectivity index (χ2n) is 6.13. The van der Waals surface area contributed by atoms with Gasteiger partial charge in [-0.15, -0.1) is 0 Å². The normalized spacial score (nSPS) is 22.1. The molecule has 1 aromatic carbocycles. The zero-order chi connectivity index (χ0) is 16.3. The van der Waals surface area contributed by atoms with E-state index in [1.165, 1.54) is 12.1 Å². The topological polar surface area (TPSA) is 70.8 Å². The van der Waals surface area contributed by atoms with Crippen LogP contribution in [-0.4, -0.2) is 26.6 Å². The van der Waals surface area contributed by atoms with Gasteiger partial charge in [0.05, 0.1) is 16.8 Å². The standard InChI is InChI=1S/C15H21NO5Si/c1-19-15-10-13(21-22(2,3)4)9-14(20-15)11-5-7-12(8-6-11)16(17)18/h5-8,10,14-15H,9H2,1-4H3/t14-,15?/m0/s1. The Bertz CT molecular complexity index is 564. The Kier molecular flexibility index (Phi) is 5.00. The van der Waals surface area contributed by atoms with Gasteiger partial charge in [0, 0.05) is 31.7 Å². The first-order valence-corrected chi connectivity index (χ1v) is 10.5. The molecule has 2 atom stereocenters. The third-order valence-electron chi connectivity index (χ3n) is 3.15. The number of benzene rings is 1. The van der Waals surface area contributed by atoms with E-state index in [2.05, 4.69) is 19.6 Å². The van der Waals surface area contributed by atoms with Gasteiger partial charge in [0.25, 0.3) is 5.69 Å². The van der Waals surface area contributed by atoms with E-state index in [0.717, 1.165) is 11.3 Å². The number of non-ortho nitro benzene ring substituents is 1. The van der Waals surface area contributed by atoms with Crippen LogP contribution >= 0.6 is 0 Å². The lowest BCUT2D eigenvalue weighted by Crippen LogP contribution is -2.30. The molecule has 1 aromatic rings. The monoisotopic (exact) mass is 323 g/mol. The Labute approximate surface area is 131 Å². The van der Waals surface area contributed by atoms with Crippen LogP contribution in [0, 0.1) is 10.1 Å². The second kappa shape index (κ2) is 6.60. The summed E-state index contributed by atoms with van der Waals surface area (Å²) in [5, 5.41) is 10.7. The van der Waals surface area contributed by atoms with Crippen molar-refractivity contribution < 1.29 is 18.8 Å². The molecule has 1 unspecified atom stereocenters. The van der Waals surface area contributed by atoms with Gasteiger partial charge in [0.1, 0.15) is 0 Å². The van der Waals surface area contributed by atoms with E-state index in [1.54, 1.807) is 19.2 Å². The molecule has 0 fully saturated rings. The first-order chi connectivity index (χ1) is 10.3. The molecule has 2 rings (SSSR count). The van der Waals surface area contributed by atoms with Gasteiger partial charge < -0.3 is 13.9 Å². The number of hydrogen-bond donors (Lipinski definition) is 0. The fourth-order valence-corrected chi connectivity index (χ4v) is 3.19. The largest absolute Gasteiger partial charge is 0.547 e. The van der Waals surface area contributed by atoms with E-state index in [1.807, 2.05) is 6.08 Å². The molecule has 0 saturated heterocycles. The van der Waals surface area contributed by atoms with Crippen molar-refractivity contribution in [2.45, 2.75) is 38.5 Å². The van der Waals surface area contributed by atoms with Crippen LogP contribution in [0.4, 0.5) is 5.69 Å². The highest BCUT2D eigenvalue weighted by Gasteiger charge is 2.28. The van der Waals surface area contributed by atoms with Crippen molar-refractivity contribution in [1.82, 2.24) is 0 Å². The van der Waals surface area contributed by atoms with Gasteiger partial charge >= 0.3 is 0 Å². The molecule has 1 heterocycles. The van der Waals surface area contributed by atoms with Gasteiger partial charge in [0.15, 0.2) is 6.29 Å². The van der Waals surface area contributed by atoms with E-state index < -0.39 is 19.5 Å². The molecule has 0 aromatic heterocycles. The highest BCUT2D eigenvalue weighted by Crippen LogP contribution is 2.34. The average Bonchev–Trinajstić information content (AvgIpc) is 2.45. The van der Waals surface area contributed by atoms with Crippen LogP contribution < -0.4 is 0 Å². The minimum atomic E-state index is -1.71. The SMILES string of the molecule is COC1C=C(O[Si](C)(C)C)C[C@@H](c2ccc([N+](=O)[O-])cc2)O1. The molecule has 1 aliphatic heterocycles. The smallest absolute Gasteiger partial charge is 0.269 e. The molecule has 0 amide bonds. The molecule has 7 heteroatoms. The van der Waals surface area contributed by atoms with Gasteiger partial charge in [-0.1, -0.05) is 0 Å². The number of ether oxygens (including phenoxy) is 2. The Morgan fingerprint density at radius 2 is 1.91 bits per heavy atom. The summed E-state index contributed by atoms with van der Waals surface area (Å²) in [4.78, 5) is 10.3. The van der Waals surface area contributed by atoms with E-state index in [0.29, 0.717) is 6.42 Å². The molecular weight excluding hydrogens is 302 g/mol. The van der Waals surface area contributed by atoms with Crippen molar-refractivity contribution in [3.05, 3.63) is 51.8 Å². The van der Waals surface area contributed by atoms with Crippen LogP contribution in [0.1, 0.15) is 18.1 Å². The van der Waals surface area contributed by atoms with Gasteiger partial charge in [0.2, 0.25) is 8.32 Å². The third kappa shape index (κ3) is 4.39. The molecule has 1 aliphatic rings. The lowest BCUT2D eigenvalue weighted by atomic mass is 10.0. The first kappa shape index (κ1) is 16.7. The minimum Gasteiger partial charge on any atom is -0.547 e. The summed E-state index contributed by atoms with van der Waals surface area (Å²) in [6.07, 6.45) is 1.74. The Balaban J connectivity index is 2.18. The fraction of sp³-hybridized carbons (Fsp3) is 0.467. The van der Waals surface area contributed by atoms with Crippen molar-refractivity contribution in [1.29, 1.82) is 0 Å². The van der Waals surface area contributed by atoms with Crippen molar-refractivity contribution in [3.8, 4) is 0 Å². The van der Waals surface area contributed by atoms with Gasteiger partial charge in [-0.05, 0) is 37.3 Å². The Morgan fingerprint density at radius 1 is 1.27 bits per heavy atom. The van der Waals surface area contributed by atoms with Crippen LogP contribution in [0.15, 0.2) is 36.1 Å². The number of hydrogen-bond acceptors (Lipinski definition) is 5. The summed E-state index contributed by atoms with van der Waals surface area (Å²) in [5.74, 6) is 0.862. The zero-order valence-electron chi connectivity index (χ0n) is 13.2. The maximum atomic E-state index is 10.7. The number of methoxy groups -OCH3 is 1. The predicted molar refractivity (Wildman–Crippen MR) is 84.9 cm³/mol. The molecule has 0 saturated carbocycles. The maximum Gasteiger partial charge on any atom is 0.269 e. The van der Waals surface area contributed by atoms with E-state index in [4.69, 9.17) is 13.9 Å². The first-order valence-electron chi connectivity index (χ1n) is 7.11. The average molecular weight is 323 g/mol. The third-order valence-corrected chi connectivity index (χ3v) is 4.03. The summed E-state index contributed by atoms with van der Waals surface area (Å²) in [6.45, 7) is 6.35. The van der Waals surface area contributed by atoms with Gasteiger partial charge in [-0.2, -0.15) is 0 Å². The summed E-state index contributed by atoms with van der Waals surface area (Å²) in [6, 6.07) is 6.40. The van der Waals surface area contributed by atoms with Crippen molar-refractivity contribution in [2.75, 3.05) is 7.11 Å². The van der Waals surface area contributed by atoms with Gasteiger partial charge in [-0.3, -0.25) is 10.1 Å². The second-order valence-corrected chi connectivity index (χ2v) is 10.6. The molecule has 0 spiro atoms. The van der Waals surface area contributed by atoms with Crippen LogP contribution in [-0.2, 0) is 13.9 Å². The number of rotatable bonds is 5. The maximum absolute atomic E-state index is 10.7. The van der Waals surface area contributed by atoms with Crippen LogP contribution in [0.5, 0.6) is 0 Å². The highest BCUT2D eigenvalue weighted by atomic mass is 28.4. The molecule has 0 bridgehead atoms. The molecule has 120 valence electrons. The lowest BCUT2D eigenvalue weighted by molar-refractivity contribution is -0.384. The predicted octanol–water partition coefficient (Wildman–Crippen LogP) is 3.76. The Hall–Kier alpha value is -1.70. The minimum absolute atomic E-state index is 0.0666. The Morgan fingerprint density at radius 3 is 2.41 bits per heavy atom. The molecule has 6 nitrogen and oxygen atoms in total. The van der Waals surface area contributed by atoms with Crippen molar-refractivity contribution in [2.24, 2.45) is 0 Å². The molecular formula is C15H21NO5Si. The zero-order valence-corrected chi connectivity index (χ0v) is 14.2. The van der Waals surface area contributed by atoms with Gasteiger partial charge in [-0.25, -0.2) is 0 Å². The quantitative estimate of drug-likeness (QED) is 0.469. The molecule has 0 aliphatic carbocycles. The van der Waals surface area contributed by atoms with Crippen molar-refractivity contribution in [3.63, 3.8) is 0 Å². The van der Waals surface area contributed by atoms with Crippen LogP contribution in [0.3, 0.4) is 0 Å². The summed E-state index contributed by atoms with van der Waals surface area (Å²) in [5.41, 5.74) is 0.939. The molecule has 0 N–H and O–H groups in total. The molecule has 22 heavy (non-hydrogen) atoms. The van der Waals surface area contributed by atoms with Crippen LogP contribution in [0.25, 0.3) is 0 Å². The highest BCUT2D eigenvalue weighted by molar-refractivity contribution is 6.70.